The van der Waals surface area contributed by atoms with Crippen molar-refractivity contribution in [2.45, 2.75) is 46.1 Å². The molecule has 0 radical (unpaired) electrons. The van der Waals surface area contributed by atoms with Gasteiger partial charge in [0.15, 0.2) is 16.5 Å². The van der Waals surface area contributed by atoms with Gasteiger partial charge in [-0.05, 0) is 32.8 Å². The highest BCUT2D eigenvalue weighted by Gasteiger charge is 2.22. The highest BCUT2D eigenvalue weighted by molar-refractivity contribution is 7.14. The SMILES string of the molecule is CCOC(=O)c1csc(NC(=O)c2cc(C)nc3c2nc2n3CCCCC2)n1. The van der Waals surface area contributed by atoms with Crippen molar-refractivity contribution >= 4 is 39.5 Å². The van der Waals surface area contributed by atoms with E-state index in [4.69, 9.17) is 9.72 Å². The molecule has 146 valence electrons. The number of hydrogen-bond acceptors (Lipinski definition) is 7. The summed E-state index contributed by atoms with van der Waals surface area (Å²) in [7, 11) is 0. The molecular formula is C19H21N5O3S. The van der Waals surface area contributed by atoms with Gasteiger partial charge in [-0.15, -0.1) is 11.3 Å². The molecular weight excluding hydrogens is 378 g/mol. The number of aromatic nitrogens is 4. The van der Waals surface area contributed by atoms with Gasteiger partial charge in [0.1, 0.15) is 11.3 Å². The molecule has 0 unspecified atom stereocenters. The van der Waals surface area contributed by atoms with Crippen molar-refractivity contribution in [3.05, 3.63) is 34.2 Å². The van der Waals surface area contributed by atoms with Crippen LogP contribution in [0.25, 0.3) is 11.2 Å². The fraction of sp³-hybridized carbons (Fsp3) is 0.421. The van der Waals surface area contributed by atoms with E-state index >= 15 is 0 Å². The molecule has 4 heterocycles. The first-order chi connectivity index (χ1) is 13.6. The molecule has 0 bridgehead atoms. The van der Waals surface area contributed by atoms with Crippen LogP contribution in [0.5, 0.6) is 0 Å². The van der Waals surface area contributed by atoms with Crippen LogP contribution in [0.4, 0.5) is 5.13 Å². The molecule has 3 aromatic heterocycles. The number of imidazole rings is 1. The summed E-state index contributed by atoms with van der Waals surface area (Å²) in [5.41, 5.74) is 2.79. The second-order valence-corrected chi connectivity index (χ2v) is 7.54. The minimum atomic E-state index is -0.501. The van der Waals surface area contributed by atoms with Gasteiger partial charge in [-0.2, -0.15) is 0 Å². The Morgan fingerprint density at radius 3 is 2.93 bits per heavy atom. The molecule has 28 heavy (non-hydrogen) atoms. The molecule has 1 N–H and O–H groups in total. The third-order valence-corrected chi connectivity index (χ3v) is 5.40. The van der Waals surface area contributed by atoms with Gasteiger partial charge in [0, 0.05) is 24.0 Å². The quantitative estimate of drug-likeness (QED) is 0.676. The van der Waals surface area contributed by atoms with Crippen molar-refractivity contribution in [3.8, 4) is 0 Å². The van der Waals surface area contributed by atoms with Crippen LogP contribution < -0.4 is 5.32 Å². The number of hydrogen-bond donors (Lipinski definition) is 1. The fourth-order valence-electron chi connectivity index (χ4n) is 3.38. The van der Waals surface area contributed by atoms with Crippen LogP contribution in [0, 0.1) is 6.92 Å². The lowest BCUT2D eigenvalue weighted by molar-refractivity contribution is 0.0520. The Labute approximate surface area is 166 Å². The minimum absolute atomic E-state index is 0.187. The lowest BCUT2D eigenvalue weighted by Crippen LogP contribution is -2.14. The Morgan fingerprint density at radius 2 is 2.11 bits per heavy atom. The number of thiazole rings is 1. The molecule has 0 spiro atoms. The number of fused-ring (bicyclic) bond motifs is 3. The number of rotatable bonds is 4. The van der Waals surface area contributed by atoms with E-state index in [1.807, 2.05) is 6.92 Å². The molecule has 0 atom stereocenters. The Morgan fingerprint density at radius 1 is 1.25 bits per heavy atom. The normalized spacial score (nSPS) is 13.8. The molecule has 0 aromatic carbocycles. The monoisotopic (exact) mass is 399 g/mol. The average Bonchev–Trinajstić information content (AvgIpc) is 3.19. The number of carbonyl (C=O) groups excluding carboxylic acids is 2. The van der Waals surface area contributed by atoms with E-state index in [0.717, 1.165) is 43.0 Å². The van der Waals surface area contributed by atoms with Crippen LogP contribution in [0.15, 0.2) is 11.4 Å². The number of anilines is 1. The van der Waals surface area contributed by atoms with Crippen LogP contribution in [0.2, 0.25) is 0 Å². The number of nitrogens with zero attached hydrogens (tertiary/aromatic N) is 4. The van der Waals surface area contributed by atoms with Crippen LogP contribution in [-0.2, 0) is 17.7 Å². The maximum atomic E-state index is 12.9. The van der Waals surface area contributed by atoms with Gasteiger partial charge in [0.25, 0.3) is 5.91 Å². The van der Waals surface area contributed by atoms with E-state index in [1.54, 1.807) is 18.4 Å². The van der Waals surface area contributed by atoms with Gasteiger partial charge < -0.3 is 9.30 Å². The van der Waals surface area contributed by atoms with E-state index in [2.05, 4.69) is 19.9 Å². The molecule has 4 rings (SSSR count). The molecule has 1 amide bonds. The predicted octanol–water partition coefficient (Wildman–Crippen LogP) is 3.35. The Bertz CT molecular complexity index is 1060. The Kier molecular flexibility index (Phi) is 5.08. The highest BCUT2D eigenvalue weighted by atomic mass is 32.1. The zero-order valence-corrected chi connectivity index (χ0v) is 16.6. The van der Waals surface area contributed by atoms with Gasteiger partial charge in [0.05, 0.1) is 12.2 Å². The largest absolute Gasteiger partial charge is 0.461 e. The van der Waals surface area contributed by atoms with E-state index in [9.17, 15) is 9.59 Å². The zero-order valence-electron chi connectivity index (χ0n) is 15.8. The van der Waals surface area contributed by atoms with Crippen molar-refractivity contribution in [1.29, 1.82) is 0 Å². The number of amides is 1. The van der Waals surface area contributed by atoms with Crippen LogP contribution in [0.1, 0.15) is 58.6 Å². The summed E-state index contributed by atoms with van der Waals surface area (Å²) in [5, 5.41) is 4.68. The van der Waals surface area contributed by atoms with E-state index in [-0.39, 0.29) is 18.2 Å². The third kappa shape index (κ3) is 3.49. The zero-order chi connectivity index (χ0) is 19.7. The van der Waals surface area contributed by atoms with E-state index in [0.29, 0.717) is 16.2 Å². The number of ether oxygens (including phenoxy) is 1. The predicted molar refractivity (Wildman–Crippen MR) is 106 cm³/mol. The summed E-state index contributed by atoms with van der Waals surface area (Å²) in [5.74, 6) is 0.172. The van der Waals surface area contributed by atoms with Gasteiger partial charge in [-0.3, -0.25) is 10.1 Å². The summed E-state index contributed by atoms with van der Waals surface area (Å²) in [6.45, 7) is 4.75. The summed E-state index contributed by atoms with van der Waals surface area (Å²) in [6, 6.07) is 1.74. The number of nitrogens with one attached hydrogen (secondary N) is 1. The lowest BCUT2D eigenvalue weighted by Gasteiger charge is -2.06. The van der Waals surface area contributed by atoms with E-state index in [1.165, 1.54) is 17.8 Å². The van der Waals surface area contributed by atoms with Crippen molar-refractivity contribution in [3.63, 3.8) is 0 Å². The Balaban J connectivity index is 1.65. The highest BCUT2D eigenvalue weighted by Crippen LogP contribution is 2.25. The summed E-state index contributed by atoms with van der Waals surface area (Å²) < 4.78 is 7.07. The smallest absolute Gasteiger partial charge is 0.357 e. The first-order valence-electron chi connectivity index (χ1n) is 9.37. The first kappa shape index (κ1) is 18.5. The molecule has 9 heteroatoms. The molecule has 3 aromatic rings. The first-order valence-corrected chi connectivity index (χ1v) is 10.3. The van der Waals surface area contributed by atoms with Crippen molar-refractivity contribution in [2.75, 3.05) is 11.9 Å². The van der Waals surface area contributed by atoms with Crippen LogP contribution >= 0.6 is 11.3 Å². The number of pyridine rings is 1. The molecule has 0 fully saturated rings. The van der Waals surface area contributed by atoms with Crippen molar-refractivity contribution < 1.29 is 14.3 Å². The minimum Gasteiger partial charge on any atom is -0.461 e. The van der Waals surface area contributed by atoms with Gasteiger partial charge >= 0.3 is 5.97 Å². The summed E-state index contributed by atoms with van der Waals surface area (Å²) >= 11 is 1.18. The lowest BCUT2D eigenvalue weighted by atomic mass is 10.2. The molecule has 1 aliphatic rings. The van der Waals surface area contributed by atoms with Gasteiger partial charge in [-0.25, -0.2) is 19.7 Å². The fourth-order valence-corrected chi connectivity index (χ4v) is 4.06. The Hall–Kier alpha value is -2.81. The molecule has 8 nitrogen and oxygen atoms in total. The maximum absolute atomic E-state index is 12.9. The molecule has 0 saturated heterocycles. The van der Waals surface area contributed by atoms with Gasteiger partial charge in [0.2, 0.25) is 0 Å². The number of aryl methyl sites for hydroxylation is 3. The van der Waals surface area contributed by atoms with E-state index < -0.39 is 5.97 Å². The summed E-state index contributed by atoms with van der Waals surface area (Å²) in [6.07, 6.45) is 4.26. The topological polar surface area (TPSA) is 99.0 Å². The molecule has 0 saturated carbocycles. The maximum Gasteiger partial charge on any atom is 0.357 e. The van der Waals surface area contributed by atoms with Crippen molar-refractivity contribution in [1.82, 2.24) is 19.5 Å². The molecule has 0 aliphatic carbocycles. The van der Waals surface area contributed by atoms with Crippen LogP contribution in [0.3, 0.4) is 0 Å². The van der Waals surface area contributed by atoms with Crippen LogP contribution in [-0.4, -0.2) is 38.0 Å². The number of carbonyl (C=O) groups is 2. The average molecular weight is 399 g/mol. The number of esters is 1. The molecule has 1 aliphatic heterocycles. The van der Waals surface area contributed by atoms with Gasteiger partial charge in [-0.1, -0.05) is 6.42 Å². The second-order valence-electron chi connectivity index (χ2n) is 6.69. The summed E-state index contributed by atoms with van der Waals surface area (Å²) in [4.78, 5) is 38.2. The van der Waals surface area contributed by atoms with Crippen molar-refractivity contribution in [2.24, 2.45) is 0 Å². The second kappa shape index (κ2) is 7.67. The third-order valence-electron chi connectivity index (χ3n) is 4.65. The standard InChI is InChI=1S/C19H21N5O3S/c1-3-27-18(26)13-10-28-19(21-13)23-17(25)12-9-11(2)20-16-15(12)22-14-7-5-4-6-8-24(14)16/h9-10H,3-8H2,1-2H3,(H,21,23,25).